The van der Waals surface area contributed by atoms with Crippen LogP contribution >= 0.6 is 11.3 Å². The number of benzene rings is 2. The van der Waals surface area contributed by atoms with Gasteiger partial charge >= 0.3 is 0 Å². The molecule has 0 unspecified atom stereocenters. The highest BCUT2D eigenvalue weighted by atomic mass is 32.1. The van der Waals surface area contributed by atoms with Crippen molar-refractivity contribution in [2.45, 2.75) is 13.8 Å². The maximum atomic E-state index is 12.5. The van der Waals surface area contributed by atoms with Crippen molar-refractivity contribution in [1.82, 2.24) is 14.8 Å². The zero-order chi connectivity index (χ0) is 21.8. The fourth-order valence-electron chi connectivity index (χ4n) is 3.03. The highest BCUT2D eigenvalue weighted by Crippen LogP contribution is 2.32. The molecule has 1 N–H and O–H groups in total. The van der Waals surface area contributed by atoms with Crippen LogP contribution in [0.5, 0.6) is 17.2 Å². The van der Waals surface area contributed by atoms with Gasteiger partial charge in [0, 0.05) is 12.1 Å². The van der Waals surface area contributed by atoms with Gasteiger partial charge in [-0.25, -0.2) is 4.98 Å². The average Bonchev–Trinajstić information content (AvgIpc) is 3.36. The molecule has 0 aliphatic carbocycles. The SMILES string of the molecule is CCOc1cccc2sc(-n3nc(C)cc3NC(=O)COc3cccc(OC)c3)nc12. The van der Waals surface area contributed by atoms with Crippen molar-refractivity contribution in [3.8, 4) is 22.4 Å². The Morgan fingerprint density at radius 1 is 1.13 bits per heavy atom. The van der Waals surface area contributed by atoms with Crippen LogP contribution in [-0.2, 0) is 4.79 Å². The number of nitrogens with zero attached hydrogens (tertiary/aromatic N) is 3. The predicted octanol–water partition coefficient (Wildman–Crippen LogP) is 4.22. The van der Waals surface area contributed by atoms with Crippen LogP contribution in [0.1, 0.15) is 12.6 Å². The maximum absolute atomic E-state index is 12.5. The molecule has 4 rings (SSSR count). The summed E-state index contributed by atoms with van der Waals surface area (Å²) >= 11 is 1.47. The molecule has 0 saturated heterocycles. The number of amides is 1. The minimum Gasteiger partial charge on any atom is -0.497 e. The Balaban J connectivity index is 1.52. The van der Waals surface area contributed by atoms with Gasteiger partial charge < -0.3 is 19.5 Å². The molecule has 0 fully saturated rings. The van der Waals surface area contributed by atoms with E-state index in [9.17, 15) is 4.79 Å². The molecule has 0 spiro atoms. The van der Waals surface area contributed by atoms with E-state index >= 15 is 0 Å². The normalized spacial score (nSPS) is 10.8. The van der Waals surface area contributed by atoms with Gasteiger partial charge in [-0.2, -0.15) is 9.78 Å². The zero-order valence-corrected chi connectivity index (χ0v) is 18.2. The quantitative estimate of drug-likeness (QED) is 0.443. The van der Waals surface area contributed by atoms with Gasteiger partial charge in [0.05, 0.1) is 24.1 Å². The number of fused-ring (bicyclic) bond motifs is 1. The van der Waals surface area contributed by atoms with Crippen molar-refractivity contribution < 1.29 is 19.0 Å². The second-order valence-electron chi connectivity index (χ2n) is 6.63. The smallest absolute Gasteiger partial charge is 0.263 e. The molecule has 8 nitrogen and oxygen atoms in total. The number of nitrogens with one attached hydrogen (secondary N) is 1. The molecule has 9 heteroatoms. The Morgan fingerprint density at radius 3 is 2.74 bits per heavy atom. The Hall–Kier alpha value is -3.59. The third kappa shape index (κ3) is 4.61. The van der Waals surface area contributed by atoms with E-state index in [1.807, 2.05) is 38.1 Å². The number of rotatable bonds is 8. The van der Waals surface area contributed by atoms with Crippen LogP contribution in [0.25, 0.3) is 15.3 Å². The van der Waals surface area contributed by atoms with Crippen molar-refractivity contribution in [1.29, 1.82) is 0 Å². The highest BCUT2D eigenvalue weighted by Gasteiger charge is 2.16. The molecule has 0 bridgehead atoms. The molecule has 0 aliphatic heterocycles. The Morgan fingerprint density at radius 2 is 1.94 bits per heavy atom. The van der Waals surface area contributed by atoms with E-state index in [1.54, 1.807) is 36.1 Å². The first-order valence-electron chi connectivity index (χ1n) is 9.73. The summed E-state index contributed by atoms with van der Waals surface area (Å²) in [7, 11) is 1.58. The molecular formula is C22H22N4O4S. The van der Waals surface area contributed by atoms with Gasteiger partial charge in [0.25, 0.3) is 5.91 Å². The molecule has 1 amide bonds. The molecule has 2 aromatic carbocycles. The first-order chi connectivity index (χ1) is 15.1. The van der Waals surface area contributed by atoms with Gasteiger partial charge in [0.15, 0.2) is 6.61 Å². The number of anilines is 1. The highest BCUT2D eigenvalue weighted by molar-refractivity contribution is 7.20. The van der Waals surface area contributed by atoms with Crippen LogP contribution in [0.4, 0.5) is 5.82 Å². The molecule has 0 radical (unpaired) electrons. The second kappa shape index (κ2) is 9.05. The summed E-state index contributed by atoms with van der Waals surface area (Å²) in [6.07, 6.45) is 0. The summed E-state index contributed by atoms with van der Waals surface area (Å²) in [6, 6.07) is 14.7. The number of carbonyl (C=O) groups is 1. The lowest BCUT2D eigenvalue weighted by atomic mass is 10.3. The van der Waals surface area contributed by atoms with Gasteiger partial charge in [-0.05, 0) is 38.1 Å². The Kier molecular flexibility index (Phi) is 6.03. The van der Waals surface area contributed by atoms with E-state index in [1.165, 1.54) is 11.3 Å². The van der Waals surface area contributed by atoms with Gasteiger partial charge in [-0.1, -0.05) is 23.5 Å². The number of ether oxygens (including phenoxy) is 3. The number of thiazole rings is 1. The fraction of sp³-hybridized carbons (Fsp3) is 0.227. The minimum absolute atomic E-state index is 0.147. The van der Waals surface area contributed by atoms with Crippen LogP contribution < -0.4 is 19.5 Å². The molecule has 0 saturated carbocycles. The molecule has 31 heavy (non-hydrogen) atoms. The van der Waals surface area contributed by atoms with Crippen molar-refractivity contribution in [2.24, 2.45) is 0 Å². The van der Waals surface area contributed by atoms with Crippen molar-refractivity contribution in [3.05, 3.63) is 54.2 Å². The molecule has 4 aromatic rings. The fourth-order valence-corrected chi connectivity index (χ4v) is 3.98. The Bertz CT molecular complexity index is 1220. The van der Waals surface area contributed by atoms with Crippen molar-refractivity contribution >= 4 is 33.3 Å². The molecule has 0 aliphatic rings. The average molecular weight is 439 g/mol. The third-order valence-electron chi connectivity index (χ3n) is 4.36. The number of para-hydroxylation sites is 1. The second-order valence-corrected chi connectivity index (χ2v) is 7.64. The van der Waals surface area contributed by atoms with Crippen LogP contribution in [0.15, 0.2) is 48.5 Å². The number of methoxy groups -OCH3 is 1. The zero-order valence-electron chi connectivity index (χ0n) is 17.4. The lowest BCUT2D eigenvalue weighted by Gasteiger charge is -2.09. The minimum atomic E-state index is -0.305. The third-order valence-corrected chi connectivity index (χ3v) is 5.36. The Labute approximate surface area is 183 Å². The van der Waals surface area contributed by atoms with Crippen LogP contribution in [0.3, 0.4) is 0 Å². The van der Waals surface area contributed by atoms with Crippen LogP contribution in [0, 0.1) is 6.92 Å². The number of aromatic nitrogens is 3. The standard InChI is InChI=1S/C22H22N4O4S/c1-4-29-17-9-6-10-18-21(17)24-22(31-18)26-19(11-14(2)25-26)23-20(27)13-30-16-8-5-7-15(12-16)28-3/h5-12H,4,13H2,1-3H3,(H,23,27). The lowest BCUT2D eigenvalue weighted by Crippen LogP contribution is -2.21. The largest absolute Gasteiger partial charge is 0.497 e. The van der Waals surface area contributed by atoms with E-state index in [2.05, 4.69) is 10.4 Å². The predicted molar refractivity (Wildman–Crippen MR) is 120 cm³/mol. The van der Waals surface area contributed by atoms with Gasteiger partial charge in [-0.3, -0.25) is 4.79 Å². The summed E-state index contributed by atoms with van der Waals surface area (Å²) in [4.78, 5) is 17.2. The number of carbonyl (C=O) groups excluding carboxylic acids is 1. The van der Waals surface area contributed by atoms with Gasteiger partial charge in [0.2, 0.25) is 5.13 Å². The summed E-state index contributed by atoms with van der Waals surface area (Å²) in [5.74, 6) is 2.15. The van der Waals surface area contributed by atoms with Gasteiger partial charge in [0.1, 0.15) is 28.6 Å². The topological polar surface area (TPSA) is 87.5 Å². The number of hydrogen-bond acceptors (Lipinski definition) is 7. The molecular weight excluding hydrogens is 416 g/mol. The summed E-state index contributed by atoms with van der Waals surface area (Å²) in [5.41, 5.74) is 1.53. The van der Waals surface area contributed by atoms with Crippen LogP contribution in [-0.4, -0.2) is 41.0 Å². The van der Waals surface area contributed by atoms with Crippen LogP contribution in [0.2, 0.25) is 0 Å². The molecule has 2 aromatic heterocycles. The molecule has 160 valence electrons. The van der Waals surface area contributed by atoms with Gasteiger partial charge in [-0.15, -0.1) is 0 Å². The van der Waals surface area contributed by atoms with E-state index in [0.29, 0.717) is 29.1 Å². The summed E-state index contributed by atoms with van der Waals surface area (Å²) in [6.45, 7) is 4.20. The van der Waals surface area contributed by atoms with E-state index in [0.717, 1.165) is 21.7 Å². The maximum Gasteiger partial charge on any atom is 0.263 e. The monoisotopic (exact) mass is 438 g/mol. The molecule has 0 atom stereocenters. The van der Waals surface area contributed by atoms with Crippen molar-refractivity contribution in [3.63, 3.8) is 0 Å². The first-order valence-corrected chi connectivity index (χ1v) is 10.5. The van der Waals surface area contributed by atoms with E-state index in [-0.39, 0.29) is 12.5 Å². The lowest BCUT2D eigenvalue weighted by molar-refractivity contribution is -0.118. The number of aryl methyl sites for hydroxylation is 1. The van der Waals surface area contributed by atoms with Crippen molar-refractivity contribution in [2.75, 3.05) is 25.6 Å². The number of hydrogen-bond donors (Lipinski definition) is 1. The summed E-state index contributed by atoms with van der Waals surface area (Å²) < 4.78 is 19.0. The molecule has 2 heterocycles. The summed E-state index contributed by atoms with van der Waals surface area (Å²) in [5, 5.41) is 7.99. The van der Waals surface area contributed by atoms with E-state index < -0.39 is 0 Å². The van der Waals surface area contributed by atoms with E-state index in [4.69, 9.17) is 19.2 Å². The first kappa shape index (κ1) is 20.7.